The molecular weight excluding hydrogens is 190 g/mol. The zero-order chi connectivity index (χ0) is 9.52. The summed E-state index contributed by atoms with van der Waals surface area (Å²) in [5.41, 5.74) is 5.22. The van der Waals surface area contributed by atoms with Crippen LogP contribution in [-0.2, 0) is 11.2 Å². The molecule has 1 rings (SSSR count). The summed E-state index contributed by atoms with van der Waals surface area (Å²) in [6.07, 6.45) is 1.08. The Bertz CT molecular complexity index is 250. The molecule has 0 aromatic carbocycles. The van der Waals surface area contributed by atoms with Crippen LogP contribution in [0.25, 0.3) is 0 Å². The Labute approximate surface area is 79.7 Å². The third-order valence-corrected chi connectivity index (χ3v) is 2.26. The second-order valence-corrected chi connectivity index (χ2v) is 3.49. The van der Waals surface area contributed by atoms with Crippen molar-refractivity contribution in [3.05, 3.63) is 5.82 Å². The van der Waals surface area contributed by atoms with Crippen molar-refractivity contribution in [1.82, 2.24) is 20.6 Å². The number of thioether (sulfide) groups is 1. The average Bonchev–Trinajstić information content (AvgIpc) is 2.57. The van der Waals surface area contributed by atoms with Gasteiger partial charge in [-0.2, -0.15) is 5.21 Å². The van der Waals surface area contributed by atoms with Gasteiger partial charge >= 0.3 is 0 Å². The molecule has 1 heterocycles. The number of aromatic amines is 1. The lowest BCUT2D eigenvalue weighted by Crippen LogP contribution is -2.05. The van der Waals surface area contributed by atoms with Crippen molar-refractivity contribution < 1.29 is 4.79 Å². The van der Waals surface area contributed by atoms with E-state index >= 15 is 0 Å². The molecule has 0 saturated carbocycles. The number of hydrogen-bond acceptors (Lipinski definition) is 6. The first-order valence-electron chi connectivity index (χ1n) is 3.91. The number of carbonyl (C=O) groups is 1. The normalized spacial score (nSPS) is 10.2. The maximum atomic E-state index is 11.0. The monoisotopic (exact) mass is 201 g/mol. The average molecular weight is 201 g/mol. The summed E-state index contributed by atoms with van der Waals surface area (Å²) in [4.78, 5) is 11.0. The van der Waals surface area contributed by atoms with Crippen LogP contribution >= 0.6 is 11.8 Å². The van der Waals surface area contributed by atoms with E-state index in [1.807, 2.05) is 0 Å². The van der Waals surface area contributed by atoms with E-state index in [1.54, 1.807) is 0 Å². The van der Waals surface area contributed by atoms with Crippen LogP contribution in [0.5, 0.6) is 0 Å². The largest absolute Gasteiger partial charge is 0.330 e. The molecule has 0 aliphatic rings. The predicted octanol–water partition coefficient (Wildman–Crippen LogP) is -0.649. The van der Waals surface area contributed by atoms with Crippen LogP contribution in [0.2, 0.25) is 0 Å². The summed E-state index contributed by atoms with van der Waals surface area (Å²) in [6.45, 7) is 0.411. The summed E-state index contributed by atoms with van der Waals surface area (Å²) in [5.74, 6) is 1.31. The number of hydrogen-bond donors (Lipinski definition) is 2. The Morgan fingerprint density at radius 3 is 3.08 bits per heavy atom. The first kappa shape index (κ1) is 10.1. The van der Waals surface area contributed by atoms with Gasteiger partial charge in [0.25, 0.3) is 0 Å². The molecule has 0 spiro atoms. The molecule has 72 valence electrons. The maximum absolute atomic E-state index is 11.0. The molecule has 6 nitrogen and oxygen atoms in total. The van der Waals surface area contributed by atoms with Crippen molar-refractivity contribution in [2.45, 2.75) is 12.8 Å². The Hall–Kier alpha value is -0.950. The van der Waals surface area contributed by atoms with Crippen LogP contribution in [0.15, 0.2) is 0 Å². The first-order valence-corrected chi connectivity index (χ1v) is 4.89. The highest BCUT2D eigenvalue weighted by Crippen LogP contribution is 2.06. The number of aryl methyl sites for hydroxylation is 1. The van der Waals surface area contributed by atoms with Crippen molar-refractivity contribution in [3.8, 4) is 0 Å². The smallest absolute Gasteiger partial charge is 0.190 e. The standard InChI is InChI=1S/C6H11N5OS/c7-3-1-6(12)13-4-2-5-8-10-11-9-5/h1-4,7H2,(H,8,9,10,11). The minimum atomic E-state index is 0.117. The molecule has 0 unspecified atom stereocenters. The van der Waals surface area contributed by atoms with Crippen LogP contribution < -0.4 is 5.73 Å². The number of tetrazole rings is 1. The number of rotatable bonds is 5. The van der Waals surface area contributed by atoms with Crippen molar-refractivity contribution in [3.63, 3.8) is 0 Å². The molecule has 3 N–H and O–H groups in total. The first-order chi connectivity index (χ1) is 6.33. The third-order valence-electron chi connectivity index (χ3n) is 1.33. The van der Waals surface area contributed by atoms with Gasteiger partial charge in [-0.15, -0.1) is 10.2 Å². The number of nitrogens with zero attached hydrogens (tertiary/aromatic N) is 3. The molecule has 0 radical (unpaired) electrons. The fourth-order valence-corrected chi connectivity index (χ4v) is 1.51. The van der Waals surface area contributed by atoms with Gasteiger partial charge in [-0.25, -0.2) is 0 Å². The topological polar surface area (TPSA) is 97.5 Å². The molecule has 0 atom stereocenters. The molecule has 0 aliphatic carbocycles. The van der Waals surface area contributed by atoms with Crippen LogP contribution in [0.4, 0.5) is 0 Å². The van der Waals surface area contributed by atoms with E-state index < -0.39 is 0 Å². The molecule has 1 aromatic heterocycles. The molecule has 13 heavy (non-hydrogen) atoms. The Morgan fingerprint density at radius 1 is 1.62 bits per heavy atom. The molecule has 7 heteroatoms. The Morgan fingerprint density at radius 2 is 2.46 bits per heavy atom. The highest BCUT2D eigenvalue weighted by molar-refractivity contribution is 8.13. The van der Waals surface area contributed by atoms with Gasteiger partial charge in [0.1, 0.15) is 0 Å². The van der Waals surface area contributed by atoms with E-state index in [1.165, 1.54) is 11.8 Å². The van der Waals surface area contributed by atoms with Crippen molar-refractivity contribution in [2.24, 2.45) is 5.73 Å². The van der Waals surface area contributed by atoms with Crippen molar-refractivity contribution in [2.75, 3.05) is 12.3 Å². The number of nitrogens with two attached hydrogens (primary N) is 1. The van der Waals surface area contributed by atoms with E-state index in [-0.39, 0.29) is 5.12 Å². The number of carbonyl (C=O) groups excluding carboxylic acids is 1. The number of nitrogens with one attached hydrogen (secondary N) is 1. The van der Waals surface area contributed by atoms with Gasteiger partial charge in [0, 0.05) is 25.1 Å². The predicted molar refractivity (Wildman–Crippen MR) is 49.0 cm³/mol. The van der Waals surface area contributed by atoms with E-state index in [4.69, 9.17) is 5.73 Å². The van der Waals surface area contributed by atoms with Gasteiger partial charge in [0.05, 0.1) is 0 Å². The fraction of sp³-hybridized carbons (Fsp3) is 0.667. The van der Waals surface area contributed by atoms with Crippen molar-refractivity contribution in [1.29, 1.82) is 0 Å². The Kier molecular flexibility index (Phi) is 4.41. The van der Waals surface area contributed by atoms with E-state index in [9.17, 15) is 4.79 Å². The summed E-state index contributed by atoms with van der Waals surface area (Å²) in [6, 6.07) is 0. The van der Waals surface area contributed by atoms with Crippen LogP contribution in [-0.4, -0.2) is 38.0 Å². The summed E-state index contributed by atoms with van der Waals surface area (Å²) >= 11 is 1.26. The van der Waals surface area contributed by atoms with Crippen LogP contribution in [0.1, 0.15) is 12.2 Å². The molecule has 1 aromatic rings. The Balaban J connectivity index is 2.11. The second-order valence-electron chi connectivity index (χ2n) is 2.34. The molecule has 0 aliphatic heterocycles. The van der Waals surface area contributed by atoms with Crippen molar-refractivity contribution >= 4 is 16.9 Å². The lowest BCUT2D eigenvalue weighted by Gasteiger charge is -1.95. The quantitative estimate of drug-likeness (QED) is 0.657. The molecule has 0 amide bonds. The van der Waals surface area contributed by atoms with E-state index in [0.29, 0.717) is 31.0 Å². The van der Waals surface area contributed by atoms with Gasteiger partial charge < -0.3 is 5.73 Å². The summed E-state index contributed by atoms with van der Waals surface area (Å²) in [5, 5.41) is 13.4. The third kappa shape index (κ3) is 4.00. The van der Waals surface area contributed by atoms with E-state index in [0.717, 1.165) is 0 Å². The maximum Gasteiger partial charge on any atom is 0.190 e. The number of aromatic nitrogens is 4. The molecule has 0 fully saturated rings. The second kappa shape index (κ2) is 5.65. The highest BCUT2D eigenvalue weighted by atomic mass is 32.2. The molecule has 0 saturated heterocycles. The van der Waals surface area contributed by atoms with Gasteiger partial charge in [-0.3, -0.25) is 4.79 Å². The highest BCUT2D eigenvalue weighted by Gasteiger charge is 2.03. The van der Waals surface area contributed by atoms with Gasteiger partial charge in [-0.1, -0.05) is 17.0 Å². The molecule has 0 bridgehead atoms. The van der Waals surface area contributed by atoms with Crippen LogP contribution in [0.3, 0.4) is 0 Å². The van der Waals surface area contributed by atoms with Gasteiger partial charge in [-0.05, 0) is 0 Å². The van der Waals surface area contributed by atoms with Crippen LogP contribution in [0, 0.1) is 0 Å². The lowest BCUT2D eigenvalue weighted by molar-refractivity contribution is -0.110. The fourth-order valence-electron chi connectivity index (χ4n) is 0.735. The lowest BCUT2D eigenvalue weighted by atomic mass is 10.5. The summed E-state index contributed by atoms with van der Waals surface area (Å²) < 4.78 is 0. The number of H-pyrrole nitrogens is 1. The van der Waals surface area contributed by atoms with Gasteiger partial charge in [0.15, 0.2) is 10.9 Å². The minimum Gasteiger partial charge on any atom is -0.330 e. The van der Waals surface area contributed by atoms with E-state index in [2.05, 4.69) is 20.6 Å². The molecular formula is C6H11N5OS. The minimum absolute atomic E-state index is 0.117. The zero-order valence-corrected chi connectivity index (χ0v) is 7.88. The summed E-state index contributed by atoms with van der Waals surface area (Å²) in [7, 11) is 0. The van der Waals surface area contributed by atoms with Gasteiger partial charge in [0.2, 0.25) is 0 Å². The zero-order valence-electron chi connectivity index (χ0n) is 7.06. The SMILES string of the molecule is NCCC(=O)SCCc1nn[nH]n1.